The van der Waals surface area contributed by atoms with Crippen LogP contribution >= 0.6 is 0 Å². The highest BCUT2D eigenvalue weighted by molar-refractivity contribution is 5.56. The van der Waals surface area contributed by atoms with Crippen LogP contribution in [0.1, 0.15) is 5.89 Å². The van der Waals surface area contributed by atoms with Gasteiger partial charge in [0.15, 0.2) is 11.5 Å². The molecule has 1 aliphatic heterocycles. The van der Waals surface area contributed by atoms with Crippen LogP contribution in [-0.4, -0.2) is 30.5 Å². The van der Waals surface area contributed by atoms with Crippen LogP contribution < -0.4 is 19.5 Å². The van der Waals surface area contributed by atoms with Crippen LogP contribution in [0.4, 0.5) is 5.69 Å². The first-order valence-electron chi connectivity index (χ1n) is 7.92. The van der Waals surface area contributed by atoms with Gasteiger partial charge in [0.25, 0.3) is 0 Å². The van der Waals surface area contributed by atoms with Crippen molar-refractivity contribution in [3.05, 3.63) is 48.4 Å². The van der Waals surface area contributed by atoms with Crippen molar-refractivity contribution in [1.82, 2.24) is 10.2 Å². The Labute approximate surface area is 144 Å². The number of benzene rings is 2. The fourth-order valence-corrected chi connectivity index (χ4v) is 2.53. The zero-order valence-electron chi connectivity index (χ0n) is 13.7. The predicted molar refractivity (Wildman–Crippen MR) is 91.0 cm³/mol. The van der Waals surface area contributed by atoms with Gasteiger partial charge in [0.05, 0.1) is 13.7 Å². The molecule has 0 bridgehead atoms. The molecule has 0 saturated heterocycles. The molecule has 2 aromatic carbocycles. The number of rotatable bonds is 5. The van der Waals surface area contributed by atoms with Gasteiger partial charge in [-0.25, -0.2) is 0 Å². The molecule has 0 fully saturated rings. The summed E-state index contributed by atoms with van der Waals surface area (Å²) in [4.78, 5) is 0. The second-order valence-electron chi connectivity index (χ2n) is 5.44. The third-order valence-corrected chi connectivity index (χ3v) is 3.77. The first-order chi connectivity index (χ1) is 12.3. The summed E-state index contributed by atoms with van der Waals surface area (Å²) in [6, 6.07) is 13.2. The topological polar surface area (TPSA) is 78.6 Å². The molecule has 1 aliphatic rings. The number of methoxy groups -OCH3 is 1. The number of nitrogens with zero attached hydrogens (tertiary/aromatic N) is 2. The van der Waals surface area contributed by atoms with Gasteiger partial charge in [0, 0.05) is 17.3 Å². The van der Waals surface area contributed by atoms with Crippen LogP contribution in [0.25, 0.3) is 11.5 Å². The van der Waals surface area contributed by atoms with Crippen LogP contribution in [-0.2, 0) is 6.54 Å². The van der Waals surface area contributed by atoms with Crippen molar-refractivity contribution in [2.24, 2.45) is 0 Å². The lowest BCUT2D eigenvalue weighted by atomic mass is 10.2. The van der Waals surface area contributed by atoms with E-state index in [9.17, 15) is 0 Å². The van der Waals surface area contributed by atoms with E-state index in [0.717, 1.165) is 28.5 Å². The van der Waals surface area contributed by atoms with Gasteiger partial charge < -0.3 is 23.9 Å². The van der Waals surface area contributed by atoms with Crippen molar-refractivity contribution in [2.75, 3.05) is 25.6 Å². The van der Waals surface area contributed by atoms with Gasteiger partial charge in [0.1, 0.15) is 19.0 Å². The van der Waals surface area contributed by atoms with E-state index in [1.165, 1.54) is 0 Å². The van der Waals surface area contributed by atoms with Gasteiger partial charge in [-0.15, -0.1) is 10.2 Å². The molecule has 1 N–H and O–H groups in total. The monoisotopic (exact) mass is 339 g/mol. The molecule has 25 heavy (non-hydrogen) atoms. The Balaban J connectivity index is 1.44. The van der Waals surface area contributed by atoms with E-state index >= 15 is 0 Å². The van der Waals surface area contributed by atoms with Crippen LogP contribution in [0, 0.1) is 0 Å². The first kappa shape index (κ1) is 15.3. The molecule has 2 heterocycles. The maximum Gasteiger partial charge on any atom is 0.247 e. The molecule has 7 nitrogen and oxygen atoms in total. The Morgan fingerprint density at radius 1 is 1.04 bits per heavy atom. The molecule has 7 heteroatoms. The predicted octanol–water partition coefficient (Wildman–Crippen LogP) is 3.13. The molecule has 0 atom stereocenters. The van der Waals surface area contributed by atoms with E-state index in [0.29, 0.717) is 31.5 Å². The van der Waals surface area contributed by atoms with Crippen molar-refractivity contribution in [3.63, 3.8) is 0 Å². The number of aromatic nitrogens is 2. The lowest BCUT2D eigenvalue weighted by Crippen LogP contribution is -2.15. The number of hydrogen-bond donors (Lipinski definition) is 1. The largest absolute Gasteiger partial charge is 0.497 e. The first-order valence-corrected chi connectivity index (χ1v) is 7.92. The van der Waals surface area contributed by atoms with E-state index in [2.05, 4.69) is 15.5 Å². The molecule has 128 valence electrons. The molecule has 3 aromatic rings. The summed E-state index contributed by atoms with van der Waals surface area (Å²) in [7, 11) is 1.62. The second kappa shape index (κ2) is 6.72. The van der Waals surface area contributed by atoms with E-state index in [-0.39, 0.29) is 0 Å². The van der Waals surface area contributed by atoms with Crippen LogP contribution in [0.5, 0.6) is 17.2 Å². The smallest absolute Gasteiger partial charge is 0.247 e. The van der Waals surface area contributed by atoms with E-state index in [1.54, 1.807) is 7.11 Å². The quantitative estimate of drug-likeness (QED) is 0.765. The Bertz CT molecular complexity index is 878. The molecule has 4 rings (SSSR count). The van der Waals surface area contributed by atoms with Crippen molar-refractivity contribution >= 4 is 5.69 Å². The van der Waals surface area contributed by atoms with Crippen LogP contribution in [0.2, 0.25) is 0 Å². The summed E-state index contributed by atoms with van der Waals surface area (Å²) < 4.78 is 22.0. The van der Waals surface area contributed by atoms with Crippen molar-refractivity contribution in [3.8, 4) is 28.7 Å². The number of anilines is 1. The molecular formula is C18H17N3O4. The number of hydrogen-bond acceptors (Lipinski definition) is 7. The van der Waals surface area contributed by atoms with Gasteiger partial charge >= 0.3 is 0 Å². The van der Waals surface area contributed by atoms with Crippen molar-refractivity contribution in [2.45, 2.75) is 6.54 Å². The zero-order chi connectivity index (χ0) is 17.1. The number of nitrogens with one attached hydrogen (secondary N) is 1. The van der Waals surface area contributed by atoms with Gasteiger partial charge in [-0.05, 0) is 30.3 Å². The molecule has 0 radical (unpaired) electrons. The minimum Gasteiger partial charge on any atom is -0.497 e. The van der Waals surface area contributed by atoms with Crippen molar-refractivity contribution < 1.29 is 18.6 Å². The lowest BCUT2D eigenvalue weighted by Gasteiger charge is -2.19. The fraction of sp³-hybridized carbons (Fsp3) is 0.222. The Morgan fingerprint density at radius 2 is 1.92 bits per heavy atom. The van der Waals surface area contributed by atoms with E-state index in [4.69, 9.17) is 18.6 Å². The molecule has 0 aliphatic carbocycles. The van der Waals surface area contributed by atoms with E-state index < -0.39 is 0 Å². The second-order valence-corrected chi connectivity index (χ2v) is 5.44. The highest BCUT2D eigenvalue weighted by Gasteiger charge is 2.13. The Hall–Kier alpha value is -3.22. The maximum absolute atomic E-state index is 5.71. The normalized spacial score (nSPS) is 12.7. The third kappa shape index (κ3) is 3.35. The zero-order valence-corrected chi connectivity index (χ0v) is 13.7. The van der Waals surface area contributed by atoms with Gasteiger partial charge in [-0.1, -0.05) is 6.07 Å². The van der Waals surface area contributed by atoms with Crippen LogP contribution in [0.3, 0.4) is 0 Å². The van der Waals surface area contributed by atoms with Gasteiger partial charge in [0.2, 0.25) is 11.8 Å². The summed E-state index contributed by atoms with van der Waals surface area (Å²) >= 11 is 0. The summed E-state index contributed by atoms with van der Waals surface area (Å²) in [6.07, 6.45) is 0. The summed E-state index contributed by atoms with van der Waals surface area (Å²) in [6.45, 7) is 1.55. The Kier molecular flexibility index (Phi) is 4.12. The number of fused-ring (bicyclic) bond motifs is 1. The average molecular weight is 339 g/mol. The summed E-state index contributed by atoms with van der Waals surface area (Å²) in [5.41, 5.74) is 1.71. The minimum atomic E-state index is 0.413. The SMILES string of the molecule is COc1cccc(-c2nnc(CNc3ccc4c(c3)OCCO4)o2)c1. The van der Waals surface area contributed by atoms with E-state index in [1.807, 2.05) is 42.5 Å². The average Bonchev–Trinajstić information content (AvgIpc) is 3.15. The minimum absolute atomic E-state index is 0.413. The molecule has 0 spiro atoms. The molecular weight excluding hydrogens is 322 g/mol. The number of ether oxygens (including phenoxy) is 3. The van der Waals surface area contributed by atoms with Crippen LogP contribution in [0.15, 0.2) is 46.9 Å². The maximum atomic E-state index is 5.71. The highest BCUT2D eigenvalue weighted by atomic mass is 16.6. The third-order valence-electron chi connectivity index (χ3n) is 3.77. The van der Waals surface area contributed by atoms with Crippen molar-refractivity contribution in [1.29, 1.82) is 0 Å². The molecule has 0 saturated carbocycles. The summed E-state index contributed by atoms with van der Waals surface area (Å²) in [5, 5.41) is 11.4. The van der Waals surface area contributed by atoms with Gasteiger partial charge in [-0.3, -0.25) is 0 Å². The molecule has 0 unspecified atom stereocenters. The molecule has 0 amide bonds. The standard InChI is InChI=1S/C18H17N3O4/c1-22-14-4-2-3-12(9-14)18-21-20-17(25-18)11-19-13-5-6-15-16(10-13)24-8-7-23-15/h2-6,9-10,19H,7-8,11H2,1H3. The Morgan fingerprint density at radius 3 is 2.80 bits per heavy atom. The highest BCUT2D eigenvalue weighted by Crippen LogP contribution is 2.32. The summed E-state index contributed by atoms with van der Waals surface area (Å²) in [5.74, 6) is 3.19. The fourth-order valence-electron chi connectivity index (χ4n) is 2.53. The molecule has 1 aromatic heterocycles. The lowest BCUT2D eigenvalue weighted by molar-refractivity contribution is 0.171. The van der Waals surface area contributed by atoms with Gasteiger partial charge in [-0.2, -0.15) is 0 Å².